The van der Waals surface area contributed by atoms with Crippen LogP contribution in [0.2, 0.25) is 0 Å². The molecule has 3 aromatic rings. The first-order chi connectivity index (χ1) is 15.6. The van der Waals surface area contributed by atoms with E-state index in [1.807, 2.05) is 0 Å². The molecule has 3 rings (SSSR count). The van der Waals surface area contributed by atoms with Crippen LogP contribution in [0.5, 0.6) is 11.5 Å². The van der Waals surface area contributed by atoms with E-state index in [9.17, 15) is 18.3 Å². The first-order valence-corrected chi connectivity index (χ1v) is 11.7. The van der Waals surface area contributed by atoms with Crippen molar-refractivity contribution in [3.8, 4) is 11.5 Å². The summed E-state index contributed by atoms with van der Waals surface area (Å²) in [6.45, 7) is 3.52. The molecule has 0 spiro atoms. The first kappa shape index (κ1) is 27.9. The summed E-state index contributed by atoms with van der Waals surface area (Å²) >= 11 is 0. The van der Waals surface area contributed by atoms with Crippen molar-refractivity contribution in [2.24, 2.45) is 0 Å². The van der Waals surface area contributed by atoms with Crippen LogP contribution in [0.25, 0.3) is 0 Å². The van der Waals surface area contributed by atoms with Gasteiger partial charge in [0, 0.05) is 25.2 Å². The summed E-state index contributed by atoms with van der Waals surface area (Å²) in [5, 5.41) is 15.3. The standard InChI is InChI=1S/C23H27N3O6S.Na/c1-16(2)26-21(23(27)28)13-22(24-26)33(29,30)25(14-17-5-9-19(31-3)10-6-17)15-18-7-11-20(32-4)12-8-18;/h5-13,16H,14-15H2,1-4H3,(H,27,28);/q;+1/p-1. The molecule has 11 heteroatoms. The Hall–Kier alpha value is -2.37. The molecule has 1 aromatic heterocycles. The Kier molecular flexibility index (Phi) is 9.72. The number of carbonyl (C=O) groups excluding carboxylic acids is 1. The molecular formula is C23H26N3NaO6S. The third-order valence-electron chi connectivity index (χ3n) is 5.05. The maximum Gasteiger partial charge on any atom is 1.00 e. The average molecular weight is 496 g/mol. The largest absolute Gasteiger partial charge is 1.00 e. The second-order valence-electron chi connectivity index (χ2n) is 7.66. The molecule has 0 aliphatic carbocycles. The number of methoxy groups -OCH3 is 2. The van der Waals surface area contributed by atoms with Gasteiger partial charge < -0.3 is 19.4 Å². The Bertz CT molecular complexity index is 1160. The molecule has 0 radical (unpaired) electrons. The number of carboxylic acid groups (broad SMARTS) is 1. The zero-order chi connectivity index (χ0) is 24.2. The van der Waals surface area contributed by atoms with Gasteiger partial charge in [-0.3, -0.25) is 4.68 Å². The van der Waals surface area contributed by atoms with E-state index in [4.69, 9.17) is 9.47 Å². The van der Waals surface area contributed by atoms with Crippen molar-refractivity contribution in [3.63, 3.8) is 0 Å². The van der Waals surface area contributed by atoms with Gasteiger partial charge in [-0.05, 0) is 49.2 Å². The Morgan fingerprint density at radius 2 is 1.41 bits per heavy atom. The molecule has 34 heavy (non-hydrogen) atoms. The number of hydrogen-bond donors (Lipinski definition) is 0. The fraction of sp³-hybridized carbons (Fsp3) is 0.304. The predicted octanol–water partition coefficient (Wildman–Crippen LogP) is -0.760. The van der Waals surface area contributed by atoms with Gasteiger partial charge in [0.15, 0.2) is 5.03 Å². The van der Waals surface area contributed by atoms with Crippen LogP contribution in [-0.4, -0.2) is 42.7 Å². The van der Waals surface area contributed by atoms with E-state index >= 15 is 0 Å². The van der Waals surface area contributed by atoms with Gasteiger partial charge in [0.25, 0.3) is 10.0 Å². The van der Waals surface area contributed by atoms with E-state index < -0.39 is 16.0 Å². The fourth-order valence-corrected chi connectivity index (χ4v) is 4.63. The van der Waals surface area contributed by atoms with E-state index in [1.54, 1.807) is 76.6 Å². The predicted molar refractivity (Wildman–Crippen MR) is 119 cm³/mol. The number of benzene rings is 2. The molecule has 0 saturated carbocycles. The number of aromatic nitrogens is 2. The van der Waals surface area contributed by atoms with Gasteiger partial charge in [0.1, 0.15) is 11.5 Å². The Morgan fingerprint density at radius 3 is 1.74 bits per heavy atom. The monoisotopic (exact) mass is 495 g/mol. The molecular weight excluding hydrogens is 469 g/mol. The summed E-state index contributed by atoms with van der Waals surface area (Å²) in [6, 6.07) is 14.7. The molecule has 0 N–H and O–H groups in total. The minimum atomic E-state index is -4.15. The Balaban J connectivity index is 0.00000408. The number of hydrogen-bond acceptors (Lipinski definition) is 7. The molecule has 176 valence electrons. The van der Waals surface area contributed by atoms with Crippen LogP contribution in [0, 0.1) is 0 Å². The number of sulfonamides is 1. The summed E-state index contributed by atoms with van der Waals surface area (Å²) in [7, 11) is -1.05. The van der Waals surface area contributed by atoms with Crippen molar-refractivity contribution in [2.75, 3.05) is 14.2 Å². The molecule has 0 unspecified atom stereocenters. The summed E-state index contributed by atoms with van der Waals surface area (Å²) in [5.74, 6) is -0.190. The SMILES string of the molecule is COc1ccc(CN(Cc2ccc(OC)cc2)S(=O)(=O)c2cc(C(=O)[O-])n(C(C)C)n2)cc1.[Na+]. The molecule has 9 nitrogen and oxygen atoms in total. The normalized spacial score (nSPS) is 11.4. The van der Waals surface area contributed by atoms with Crippen LogP contribution in [0.3, 0.4) is 0 Å². The second kappa shape index (κ2) is 11.9. The molecule has 0 saturated heterocycles. The van der Waals surface area contributed by atoms with Gasteiger partial charge in [-0.2, -0.15) is 9.40 Å². The first-order valence-electron chi connectivity index (χ1n) is 10.2. The van der Waals surface area contributed by atoms with Crippen LogP contribution >= 0.6 is 0 Å². The van der Waals surface area contributed by atoms with Crippen molar-refractivity contribution in [2.45, 2.75) is 38.0 Å². The summed E-state index contributed by atoms with van der Waals surface area (Å²) in [6.07, 6.45) is 0. The maximum absolute atomic E-state index is 13.6. The molecule has 2 aromatic carbocycles. The van der Waals surface area contributed by atoms with Gasteiger partial charge in [-0.15, -0.1) is 0 Å². The number of ether oxygens (including phenoxy) is 2. The van der Waals surface area contributed by atoms with Gasteiger partial charge in [-0.1, -0.05) is 24.3 Å². The fourth-order valence-electron chi connectivity index (χ4n) is 3.27. The van der Waals surface area contributed by atoms with Crippen molar-refractivity contribution in [3.05, 3.63) is 71.4 Å². The van der Waals surface area contributed by atoms with E-state index in [2.05, 4.69) is 5.10 Å². The molecule has 0 fully saturated rings. The van der Waals surface area contributed by atoms with Crippen molar-refractivity contribution in [1.29, 1.82) is 0 Å². The van der Waals surface area contributed by atoms with Crippen molar-refractivity contribution < 1.29 is 57.3 Å². The zero-order valence-corrected chi connectivity index (χ0v) is 22.7. The Morgan fingerprint density at radius 1 is 0.971 bits per heavy atom. The van der Waals surface area contributed by atoms with Gasteiger partial charge >= 0.3 is 29.6 Å². The average Bonchev–Trinajstić information content (AvgIpc) is 3.27. The van der Waals surface area contributed by atoms with Crippen LogP contribution in [0.4, 0.5) is 0 Å². The summed E-state index contributed by atoms with van der Waals surface area (Å²) in [4.78, 5) is 11.5. The number of carboxylic acids is 1. The smallest absolute Gasteiger partial charge is 0.543 e. The minimum absolute atomic E-state index is 0. The van der Waals surface area contributed by atoms with Crippen molar-refractivity contribution in [1.82, 2.24) is 14.1 Å². The van der Waals surface area contributed by atoms with Crippen LogP contribution in [-0.2, 0) is 23.1 Å². The third kappa shape index (κ3) is 6.39. The van der Waals surface area contributed by atoms with E-state index in [0.717, 1.165) is 21.9 Å². The zero-order valence-electron chi connectivity index (χ0n) is 19.9. The van der Waals surface area contributed by atoms with Crippen LogP contribution in [0.1, 0.15) is 41.5 Å². The quantitative estimate of drug-likeness (QED) is 0.340. The van der Waals surface area contributed by atoms with Crippen LogP contribution < -0.4 is 44.1 Å². The molecule has 0 atom stereocenters. The summed E-state index contributed by atoms with van der Waals surface area (Å²) < 4.78 is 39.9. The minimum Gasteiger partial charge on any atom is -0.543 e. The van der Waals surface area contributed by atoms with Gasteiger partial charge in [0.2, 0.25) is 0 Å². The number of aromatic carboxylic acids is 1. The van der Waals surface area contributed by atoms with Gasteiger partial charge in [-0.25, -0.2) is 8.42 Å². The second-order valence-corrected chi connectivity index (χ2v) is 9.55. The Labute approximate surface area is 221 Å². The molecule has 0 aliphatic heterocycles. The maximum atomic E-state index is 13.6. The summed E-state index contributed by atoms with van der Waals surface area (Å²) in [5.41, 5.74) is 1.17. The third-order valence-corrected chi connectivity index (χ3v) is 6.72. The number of nitrogens with zero attached hydrogens (tertiary/aromatic N) is 3. The molecule has 0 amide bonds. The van der Waals surface area contributed by atoms with Crippen LogP contribution in [0.15, 0.2) is 59.6 Å². The molecule has 0 aliphatic rings. The van der Waals surface area contributed by atoms with Gasteiger partial charge in [0.05, 0.1) is 25.9 Å². The van der Waals surface area contributed by atoms with E-state index in [1.165, 1.54) is 4.31 Å². The van der Waals surface area contributed by atoms with E-state index in [-0.39, 0.29) is 59.4 Å². The van der Waals surface area contributed by atoms with E-state index in [0.29, 0.717) is 11.5 Å². The number of rotatable bonds is 10. The topological polar surface area (TPSA) is 114 Å². The number of carbonyl (C=O) groups is 1. The molecule has 1 heterocycles. The molecule has 0 bridgehead atoms. The van der Waals surface area contributed by atoms with Crippen molar-refractivity contribution >= 4 is 16.0 Å².